The van der Waals surface area contributed by atoms with Crippen LogP contribution in [0.3, 0.4) is 0 Å². The smallest absolute Gasteiger partial charge is 0.407 e. The number of rotatable bonds is 5. The molecule has 0 aromatic carbocycles. The molecule has 0 aliphatic carbocycles. The molecule has 4 saturated heterocycles. The number of hydrogen-bond acceptors (Lipinski definition) is 4. The number of likely N-dealkylation sites (tertiary alicyclic amines) is 1. The van der Waals surface area contributed by atoms with E-state index in [1.54, 1.807) is 0 Å². The fraction of sp³-hybridized carbons (Fsp3) is 0.947. The van der Waals surface area contributed by atoms with E-state index in [1.165, 1.54) is 38.9 Å². The quantitative estimate of drug-likeness (QED) is 0.784. The highest BCUT2D eigenvalue weighted by Gasteiger charge is 2.51. The van der Waals surface area contributed by atoms with Gasteiger partial charge in [-0.3, -0.25) is 9.80 Å². The van der Waals surface area contributed by atoms with Gasteiger partial charge in [-0.2, -0.15) is 0 Å². The monoisotopic (exact) mass is 337 g/mol. The van der Waals surface area contributed by atoms with Crippen molar-refractivity contribution >= 4 is 6.09 Å². The van der Waals surface area contributed by atoms with Gasteiger partial charge in [-0.15, -0.1) is 0 Å². The largest absolute Gasteiger partial charge is 0.444 e. The highest BCUT2D eigenvalue weighted by atomic mass is 16.6. The summed E-state index contributed by atoms with van der Waals surface area (Å²) >= 11 is 0. The summed E-state index contributed by atoms with van der Waals surface area (Å²) in [6, 6.07) is 1.43. The first-order chi connectivity index (χ1) is 11.4. The highest BCUT2D eigenvalue weighted by Crippen LogP contribution is 2.44. The van der Waals surface area contributed by atoms with E-state index in [0.717, 1.165) is 30.8 Å². The first-order valence-electron chi connectivity index (χ1n) is 9.84. The van der Waals surface area contributed by atoms with Crippen molar-refractivity contribution in [3.8, 4) is 0 Å². The third kappa shape index (κ3) is 3.88. The minimum Gasteiger partial charge on any atom is -0.444 e. The number of ether oxygens (including phenoxy) is 1. The maximum Gasteiger partial charge on any atom is 0.407 e. The zero-order chi connectivity index (χ0) is 17.3. The molecule has 3 unspecified atom stereocenters. The molecule has 4 aliphatic heterocycles. The van der Waals surface area contributed by atoms with Crippen molar-refractivity contribution < 1.29 is 9.53 Å². The van der Waals surface area contributed by atoms with Gasteiger partial charge in [0.1, 0.15) is 5.60 Å². The van der Waals surface area contributed by atoms with Gasteiger partial charge >= 0.3 is 6.09 Å². The summed E-state index contributed by atoms with van der Waals surface area (Å²) in [5.74, 6) is 1.84. The summed E-state index contributed by atoms with van der Waals surface area (Å²) in [7, 11) is 0. The molecule has 2 bridgehead atoms. The maximum atomic E-state index is 11.8. The van der Waals surface area contributed by atoms with Gasteiger partial charge in [0.25, 0.3) is 0 Å². The standard InChI is InChI=1S/C19H35N3O2/c1-5-21-13-15-14-8-11-22(12-9-14)17(15)16(21)7-6-10-20-18(23)24-19(2,3)4/h14-17H,5-13H2,1-4H3,(H,20,23). The second-order valence-corrected chi connectivity index (χ2v) is 8.75. The van der Waals surface area contributed by atoms with E-state index in [2.05, 4.69) is 22.0 Å². The fourth-order valence-electron chi connectivity index (χ4n) is 5.14. The van der Waals surface area contributed by atoms with Crippen LogP contribution in [0.2, 0.25) is 0 Å². The Kier molecular flexibility index (Phi) is 5.40. The van der Waals surface area contributed by atoms with Gasteiger partial charge in [-0.1, -0.05) is 6.92 Å². The van der Waals surface area contributed by atoms with Crippen LogP contribution < -0.4 is 5.32 Å². The third-order valence-corrected chi connectivity index (χ3v) is 6.10. The maximum absolute atomic E-state index is 11.8. The molecule has 0 aromatic heterocycles. The van der Waals surface area contributed by atoms with Gasteiger partial charge in [-0.25, -0.2) is 4.79 Å². The Morgan fingerprint density at radius 2 is 1.96 bits per heavy atom. The van der Waals surface area contributed by atoms with Gasteiger partial charge in [-0.05, 0) is 77.9 Å². The molecule has 5 heteroatoms. The van der Waals surface area contributed by atoms with E-state index in [9.17, 15) is 4.79 Å². The molecule has 3 atom stereocenters. The van der Waals surface area contributed by atoms with E-state index >= 15 is 0 Å². The van der Waals surface area contributed by atoms with Crippen molar-refractivity contribution in [2.24, 2.45) is 11.8 Å². The van der Waals surface area contributed by atoms with Crippen molar-refractivity contribution in [2.45, 2.75) is 71.1 Å². The highest BCUT2D eigenvalue weighted by molar-refractivity contribution is 5.67. The van der Waals surface area contributed by atoms with Crippen molar-refractivity contribution in [1.29, 1.82) is 0 Å². The first kappa shape index (κ1) is 18.0. The molecule has 0 saturated carbocycles. The topological polar surface area (TPSA) is 44.8 Å². The lowest BCUT2D eigenvalue weighted by atomic mass is 9.73. The number of nitrogens with one attached hydrogen (secondary N) is 1. The van der Waals surface area contributed by atoms with Crippen LogP contribution in [-0.2, 0) is 4.74 Å². The average molecular weight is 338 g/mol. The van der Waals surface area contributed by atoms with Crippen LogP contribution in [0.25, 0.3) is 0 Å². The molecule has 4 fully saturated rings. The van der Waals surface area contributed by atoms with Crippen LogP contribution in [-0.4, -0.2) is 66.3 Å². The van der Waals surface area contributed by atoms with Crippen LogP contribution in [0.1, 0.15) is 53.4 Å². The number of likely N-dealkylation sites (N-methyl/N-ethyl adjacent to an activating group) is 1. The molecule has 4 rings (SSSR count). The summed E-state index contributed by atoms with van der Waals surface area (Å²) in [6.07, 6.45) is 4.73. The van der Waals surface area contributed by atoms with E-state index in [4.69, 9.17) is 4.74 Å². The number of carbonyl (C=O) groups is 1. The predicted molar refractivity (Wildman–Crippen MR) is 96.1 cm³/mol. The Labute approximate surface area is 147 Å². The molecule has 1 N–H and O–H groups in total. The number of fused-ring (bicyclic) bond motifs is 2. The number of nitrogens with zero attached hydrogens (tertiary/aromatic N) is 2. The Morgan fingerprint density at radius 1 is 1.25 bits per heavy atom. The Morgan fingerprint density at radius 3 is 2.58 bits per heavy atom. The molecule has 4 aliphatic rings. The van der Waals surface area contributed by atoms with Crippen LogP contribution in [0.4, 0.5) is 4.79 Å². The van der Waals surface area contributed by atoms with Gasteiger partial charge < -0.3 is 10.1 Å². The van der Waals surface area contributed by atoms with Gasteiger partial charge in [0.2, 0.25) is 0 Å². The van der Waals surface area contributed by atoms with E-state index in [1.807, 2.05) is 20.8 Å². The third-order valence-electron chi connectivity index (χ3n) is 6.10. The van der Waals surface area contributed by atoms with Crippen LogP contribution in [0.5, 0.6) is 0 Å². The molecule has 24 heavy (non-hydrogen) atoms. The molecule has 4 heterocycles. The summed E-state index contributed by atoms with van der Waals surface area (Å²) in [5.41, 5.74) is -0.420. The molecule has 0 aromatic rings. The fourth-order valence-corrected chi connectivity index (χ4v) is 5.14. The zero-order valence-electron chi connectivity index (χ0n) is 15.9. The first-order valence-corrected chi connectivity index (χ1v) is 9.84. The molecular formula is C19H35N3O2. The van der Waals surface area contributed by atoms with Crippen LogP contribution in [0.15, 0.2) is 0 Å². The predicted octanol–water partition coefficient (Wildman–Crippen LogP) is 2.71. The number of alkyl carbamates (subject to hydrolysis) is 1. The SMILES string of the molecule is CCN1CC2C3CCN(CC3)C2C1CCCNC(=O)OC(C)(C)C. The molecule has 5 nitrogen and oxygen atoms in total. The lowest BCUT2D eigenvalue weighted by molar-refractivity contribution is 0.00213. The van der Waals surface area contributed by atoms with Crippen molar-refractivity contribution in [1.82, 2.24) is 15.1 Å². The second kappa shape index (κ2) is 7.20. The molecule has 138 valence electrons. The van der Waals surface area contributed by atoms with Crippen molar-refractivity contribution in [3.05, 3.63) is 0 Å². The van der Waals surface area contributed by atoms with Gasteiger partial charge in [0.05, 0.1) is 0 Å². The number of piperidine rings is 3. The Hall–Kier alpha value is -0.810. The Bertz CT molecular complexity index is 440. The number of hydrogen-bond donors (Lipinski definition) is 1. The minimum atomic E-state index is -0.420. The summed E-state index contributed by atoms with van der Waals surface area (Å²) < 4.78 is 5.31. The van der Waals surface area contributed by atoms with Gasteiger partial charge in [0.15, 0.2) is 0 Å². The lowest BCUT2D eigenvalue weighted by Gasteiger charge is -2.49. The average Bonchev–Trinajstić information content (AvgIpc) is 2.92. The second-order valence-electron chi connectivity index (χ2n) is 8.75. The zero-order valence-corrected chi connectivity index (χ0v) is 15.9. The normalized spacial score (nSPS) is 35.8. The number of amides is 1. The summed E-state index contributed by atoms with van der Waals surface area (Å²) in [6.45, 7) is 13.7. The summed E-state index contributed by atoms with van der Waals surface area (Å²) in [5, 5.41) is 2.91. The lowest BCUT2D eigenvalue weighted by Crippen LogP contribution is -2.57. The van der Waals surface area contributed by atoms with E-state index in [0.29, 0.717) is 12.6 Å². The van der Waals surface area contributed by atoms with Crippen molar-refractivity contribution in [3.63, 3.8) is 0 Å². The molecule has 0 radical (unpaired) electrons. The van der Waals surface area contributed by atoms with Crippen LogP contribution in [0, 0.1) is 11.8 Å². The minimum absolute atomic E-state index is 0.292. The molecule has 0 spiro atoms. The van der Waals surface area contributed by atoms with Crippen LogP contribution >= 0.6 is 0 Å². The Balaban J connectivity index is 1.48. The van der Waals surface area contributed by atoms with Gasteiger partial charge in [0, 0.05) is 25.2 Å². The molecular weight excluding hydrogens is 302 g/mol. The number of carbonyl (C=O) groups excluding carboxylic acids is 1. The van der Waals surface area contributed by atoms with Crippen molar-refractivity contribution in [2.75, 3.05) is 32.7 Å². The molecule has 1 amide bonds. The summed E-state index contributed by atoms with van der Waals surface area (Å²) in [4.78, 5) is 17.2. The van der Waals surface area contributed by atoms with E-state index in [-0.39, 0.29) is 6.09 Å². The van der Waals surface area contributed by atoms with E-state index < -0.39 is 5.60 Å².